The summed E-state index contributed by atoms with van der Waals surface area (Å²) < 4.78 is 0. The van der Waals surface area contributed by atoms with Gasteiger partial charge in [0.2, 0.25) is 6.20 Å². The largest absolute Gasteiger partial charge is 0.594 e. The van der Waals surface area contributed by atoms with Gasteiger partial charge >= 0.3 is 0 Å². The van der Waals surface area contributed by atoms with Crippen LogP contribution in [-0.2, 0) is 0 Å². The summed E-state index contributed by atoms with van der Waals surface area (Å²) in [5.41, 5.74) is 7.44. The van der Waals surface area contributed by atoms with Gasteiger partial charge in [-0.3, -0.25) is 0 Å². The van der Waals surface area contributed by atoms with Crippen LogP contribution in [0.5, 0.6) is 0 Å². The van der Waals surface area contributed by atoms with Gasteiger partial charge in [0.05, 0.1) is 12.3 Å². The minimum Gasteiger partial charge on any atom is -0.594 e. The van der Waals surface area contributed by atoms with Crippen LogP contribution in [0.4, 0.5) is 11.4 Å². The van der Waals surface area contributed by atoms with Crippen molar-refractivity contribution >= 4 is 22.3 Å². The summed E-state index contributed by atoms with van der Waals surface area (Å²) in [6.45, 7) is 0.471. The molecular formula is C10H12N4O2. The van der Waals surface area contributed by atoms with Crippen LogP contribution in [0.25, 0.3) is 10.9 Å². The fourth-order valence-electron chi connectivity index (χ4n) is 1.52. The molecule has 0 saturated carbocycles. The number of benzene rings is 1. The molecule has 6 heteroatoms. The smallest absolute Gasteiger partial charge is 0.210 e. The van der Waals surface area contributed by atoms with E-state index in [0.717, 1.165) is 11.1 Å². The Kier molecular flexibility index (Phi) is 2.74. The molecule has 16 heavy (non-hydrogen) atoms. The molecule has 1 aromatic heterocycles. The minimum absolute atomic E-state index is 0.0354. The van der Waals surface area contributed by atoms with Gasteiger partial charge in [-0.05, 0) is 12.1 Å². The molecule has 84 valence electrons. The second kappa shape index (κ2) is 4.19. The highest BCUT2D eigenvalue weighted by molar-refractivity contribution is 5.97. The van der Waals surface area contributed by atoms with Gasteiger partial charge in [0.15, 0.2) is 5.52 Å². The van der Waals surface area contributed by atoms with Crippen LogP contribution in [0, 0.1) is 5.21 Å². The highest BCUT2D eigenvalue weighted by Gasteiger charge is 2.08. The summed E-state index contributed by atoms with van der Waals surface area (Å²) in [6, 6.07) is 5.12. The number of hydrogen-bond donors (Lipinski definition) is 3. The first-order valence-electron chi connectivity index (χ1n) is 4.86. The zero-order valence-electron chi connectivity index (χ0n) is 8.55. The van der Waals surface area contributed by atoms with Crippen molar-refractivity contribution in [2.45, 2.75) is 0 Å². The van der Waals surface area contributed by atoms with Crippen LogP contribution < -0.4 is 15.9 Å². The maximum absolute atomic E-state index is 11.1. The molecule has 0 bridgehead atoms. The van der Waals surface area contributed by atoms with Crippen LogP contribution in [0.1, 0.15) is 0 Å². The highest BCUT2D eigenvalue weighted by Crippen LogP contribution is 2.25. The van der Waals surface area contributed by atoms with Crippen LogP contribution in [0.3, 0.4) is 0 Å². The molecule has 0 saturated heterocycles. The molecule has 0 spiro atoms. The maximum atomic E-state index is 11.1. The fraction of sp³-hybridized carbons (Fsp3) is 0.200. The molecule has 0 atom stereocenters. The molecule has 2 rings (SSSR count). The molecule has 0 amide bonds. The lowest BCUT2D eigenvalue weighted by Crippen LogP contribution is -2.30. The molecule has 4 N–H and O–H groups in total. The number of rotatable bonds is 3. The standard InChI is InChI=1S/C10H12N4O2/c11-8-1-2-9(12-4-6-15)7-3-5-14(16)13-10(7)8/h1-3,5,12,15H,4,6,11H2. The van der Waals surface area contributed by atoms with Crippen LogP contribution in [0.15, 0.2) is 24.4 Å². The first-order chi connectivity index (χ1) is 7.72. The lowest BCUT2D eigenvalue weighted by molar-refractivity contribution is -0.666. The second-order valence-electron chi connectivity index (χ2n) is 3.33. The molecule has 0 aliphatic heterocycles. The molecule has 1 heterocycles. The van der Waals surface area contributed by atoms with Gasteiger partial charge in [-0.25, -0.2) is 0 Å². The zero-order chi connectivity index (χ0) is 11.5. The average Bonchev–Trinajstić information content (AvgIpc) is 2.29. The van der Waals surface area contributed by atoms with E-state index in [0.29, 0.717) is 22.6 Å². The summed E-state index contributed by atoms with van der Waals surface area (Å²) in [4.78, 5) is 0.467. The van der Waals surface area contributed by atoms with E-state index in [-0.39, 0.29) is 6.61 Å². The first kappa shape index (κ1) is 10.4. The Bertz CT molecular complexity index is 515. The number of nitrogens with one attached hydrogen (secondary N) is 1. The third kappa shape index (κ3) is 1.82. The van der Waals surface area contributed by atoms with E-state index in [2.05, 4.69) is 10.4 Å². The lowest BCUT2D eigenvalue weighted by Gasteiger charge is -2.08. The van der Waals surface area contributed by atoms with Gasteiger partial charge in [-0.15, -0.1) is 0 Å². The first-order valence-corrected chi connectivity index (χ1v) is 4.86. The summed E-state index contributed by atoms with van der Waals surface area (Å²) in [7, 11) is 0. The Morgan fingerprint density at radius 1 is 1.44 bits per heavy atom. The molecule has 1 aromatic carbocycles. The van der Waals surface area contributed by atoms with Gasteiger partial charge in [0, 0.05) is 28.8 Å². The second-order valence-corrected chi connectivity index (χ2v) is 3.33. The van der Waals surface area contributed by atoms with Crippen molar-refractivity contribution in [3.05, 3.63) is 29.6 Å². The van der Waals surface area contributed by atoms with Crippen molar-refractivity contribution in [2.75, 3.05) is 24.2 Å². The van der Waals surface area contributed by atoms with Crippen molar-refractivity contribution < 1.29 is 9.95 Å². The predicted octanol–water partition coefficient (Wildman–Crippen LogP) is -0.145. The monoisotopic (exact) mass is 220 g/mol. The Morgan fingerprint density at radius 2 is 2.25 bits per heavy atom. The molecule has 0 aliphatic rings. The third-order valence-corrected chi connectivity index (χ3v) is 2.24. The van der Waals surface area contributed by atoms with Crippen molar-refractivity contribution in [1.29, 1.82) is 0 Å². The van der Waals surface area contributed by atoms with Gasteiger partial charge in [-0.1, -0.05) is 4.85 Å². The van der Waals surface area contributed by atoms with E-state index < -0.39 is 0 Å². The van der Waals surface area contributed by atoms with Crippen LogP contribution in [-0.4, -0.2) is 23.4 Å². The van der Waals surface area contributed by atoms with Crippen molar-refractivity contribution in [1.82, 2.24) is 5.10 Å². The van der Waals surface area contributed by atoms with Gasteiger partial charge < -0.3 is 21.4 Å². The number of nitrogen functional groups attached to an aromatic ring is 1. The molecule has 0 aliphatic carbocycles. The van der Waals surface area contributed by atoms with Gasteiger partial charge in [0.1, 0.15) is 0 Å². The molecule has 0 unspecified atom stereocenters. The van der Waals surface area contributed by atoms with E-state index in [9.17, 15) is 5.21 Å². The molecule has 0 radical (unpaired) electrons. The molecule has 2 aromatic rings. The number of nitrogens with two attached hydrogens (primary N) is 1. The molecule has 6 nitrogen and oxygen atoms in total. The number of aliphatic hydroxyl groups excluding tert-OH is 1. The maximum Gasteiger partial charge on any atom is 0.210 e. The number of fused-ring (bicyclic) bond motifs is 1. The summed E-state index contributed by atoms with van der Waals surface area (Å²) in [6.07, 6.45) is 1.31. The van der Waals surface area contributed by atoms with Crippen molar-refractivity contribution in [3.63, 3.8) is 0 Å². The summed E-state index contributed by atoms with van der Waals surface area (Å²) >= 11 is 0. The van der Waals surface area contributed by atoms with Crippen molar-refractivity contribution in [2.24, 2.45) is 0 Å². The highest BCUT2D eigenvalue weighted by atomic mass is 16.5. The Balaban J connectivity index is 2.55. The van der Waals surface area contributed by atoms with E-state index in [1.54, 1.807) is 18.2 Å². The molecular weight excluding hydrogens is 208 g/mol. The predicted molar refractivity (Wildman–Crippen MR) is 60.7 cm³/mol. The number of hydrogen-bond acceptors (Lipinski definition) is 5. The third-order valence-electron chi connectivity index (χ3n) is 2.24. The van der Waals surface area contributed by atoms with Crippen LogP contribution >= 0.6 is 0 Å². The average molecular weight is 220 g/mol. The summed E-state index contributed by atoms with van der Waals surface area (Å²) in [5.74, 6) is 0. The topological polar surface area (TPSA) is 98.1 Å². The Labute approximate surface area is 91.9 Å². The van der Waals surface area contributed by atoms with Crippen molar-refractivity contribution in [3.8, 4) is 0 Å². The zero-order valence-corrected chi connectivity index (χ0v) is 8.55. The fourth-order valence-corrected chi connectivity index (χ4v) is 1.52. The molecule has 0 fully saturated rings. The van der Waals surface area contributed by atoms with Gasteiger partial charge in [-0.2, -0.15) is 0 Å². The van der Waals surface area contributed by atoms with E-state index in [1.807, 2.05) is 0 Å². The van der Waals surface area contributed by atoms with E-state index in [1.165, 1.54) is 6.20 Å². The summed E-state index contributed by atoms with van der Waals surface area (Å²) in [5, 5.41) is 27.4. The Hall–Kier alpha value is -2.08. The van der Waals surface area contributed by atoms with E-state index in [4.69, 9.17) is 10.8 Å². The number of aliphatic hydroxyl groups is 1. The number of anilines is 2. The Morgan fingerprint density at radius 3 is 3.00 bits per heavy atom. The number of nitrogens with zero attached hydrogens (tertiary/aromatic N) is 2. The quantitative estimate of drug-likeness (QED) is 0.380. The lowest BCUT2D eigenvalue weighted by atomic mass is 10.1. The van der Waals surface area contributed by atoms with Gasteiger partial charge in [0.25, 0.3) is 0 Å². The SMILES string of the molecule is Nc1ccc(NCCO)c2cc[n+]([O-])nc12. The number of aromatic nitrogens is 2. The minimum atomic E-state index is 0.0354. The van der Waals surface area contributed by atoms with E-state index >= 15 is 0 Å². The normalized spacial score (nSPS) is 10.6. The van der Waals surface area contributed by atoms with Crippen LogP contribution in [0.2, 0.25) is 0 Å².